The van der Waals surface area contributed by atoms with Gasteiger partial charge in [0.05, 0.1) is 11.6 Å². The molecule has 1 aliphatic rings. The van der Waals surface area contributed by atoms with Gasteiger partial charge in [0, 0.05) is 23.8 Å². The van der Waals surface area contributed by atoms with Gasteiger partial charge in [0.1, 0.15) is 11.9 Å². The van der Waals surface area contributed by atoms with Crippen molar-refractivity contribution in [1.82, 2.24) is 10.3 Å². The van der Waals surface area contributed by atoms with E-state index in [-0.39, 0.29) is 0 Å². The summed E-state index contributed by atoms with van der Waals surface area (Å²) in [7, 11) is 0. The van der Waals surface area contributed by atoms with Gasteiger partial charge in [0.25, 0.3) is 0 Å². The first-order chi connectivity index (χ1) is 6.79. The van der Waals surface area contributed by atoms with Gasteiger partial charge in [0.15, 0.2) is 0 Å². The average Bonchev–Trinajstić information content (AvgIpc) is 2.13. The molecule has 0 spiro atoms. The Bertz CT molecular complexity index is 381. The zero-order valence-corrected chi connectivity index (χ0v) is 9.00. The summed E-state index contributed by atoms with van der Waals surface area (Å²) in [6, 6.07) is 4.28. The van der Waals surface area contributed by atoms with Crippen LogP contribution in [0.4, 0.5) is 5.82 Å². The fourth-order valence-corrected chi connectivity index (χ4v) is 1.55. The third-order valence-electron chi connectivity index (χ3n) is 2.10. The molecule has 2 rings (SSSR count). The monoisotopic (exact) mass is 252 g/mol. The van der Waals surface area contributed by atoms with Gasteiger partial charge in [-0.1, -0.05) is 0 Å². The van der Waals surface area contributed by atoms with Crippen LogP contribution >= 0.6 is 15.9 Å². The summed E-state index contributed by atoms with van der Waals surface area (Å²) in [6.45, 7) is 1.87. The van der Waals surface area contributed by atoms with Gasteiger partial charge < -0.3 is 10.6 Å². The Labute approximate surface area is 90.5 Å². The van der Waals surface area contributed by atoms with Crippen molar-refractivity contribution in [3.8, 4) is 6.07 Å². The number of hydrogen-bond donors (Lipinski definition) is 2. The minimum Gasteiger partial charge on any atom is -0.364 e. The number of nitriles is 1. The van der Waals surface area contributed by atoms with Gasteiger partial charge in [-0.3, -0.25) is 0 Å². The third-order valence-corrected chi connectivity index (χ3v) is 2.53. The van der Waals surface area contributed by atoms with Crippen LogP contribution in [0.1, 0.15) is 5.56 Å². The standard InChI is InChI=1S/C9H9BrN4/c10-7-1-6(2-11)9(13-3-7)14-8-4-12-5-8/h1,3,8,12H,4-5H2,(H,13,14). The number of pyridine rings is 1. The Morgan fingerprint density at radius 3 is 3.00 bits per heavy atom. The summed E-state index contributed by atoms with van der Waals surface area (Å²) in [5.74, 6) is 0.669. The van der Waals surface area contributed by atoms with E-state index in [9.17, 15) is 0 Å². The van der Waals surface area contributed by atoms with Crippen molar-refractivity contribution in [1.29, 1.82) is 5.26 Å². The third kappa shape index (κ3) is 1.86. The van der Waals surface area contributed by atoms with Gasteiger partial charge in [0.2, 0.25) is 0 Å². The SMILES string of the molecule is N#Cc1cc(Br)cnc1NC1CNC1. The maximum Gasteiger partial charge on any atom is 0.144 e. The summed E-state index contributed by atoms with van der Waals surface area (Å²) in [4.78, 5) is 4.16. The molecule has 4 nitrogen and oxygen atoms in total. The van der Waals surface area contributed by atoms with E-state index in [0.29, 0.717) is 17.4 Å². The van der Waals surface area contributed by atoms with Crippen molar-refractivity contribution in [2.75, 3.05) is 18.4 Å². The highest BCUT2D eigenvalue weighted by molar-refractivity contribution is 9.10. The van der Waals surface area contributed by atoms with Crippen LogP contribution in [0.15, 0.2) is 16.7 Å². The van der Waals surface area contributed by atoms with E-state index in [0.717, 1.165) is 17.6 Å². The predicted molar refractivity (Wildman–Crippen MR) is 56.9 cm³/mol. The average molecular weight is 253 g/mol. The molecule has 5 heteroatoms. The lowest BCUT2D eigenvalue weighted by Crippen LogP contribution is -2.51. The summed E-state index contributed by atoms with van der Waals surface area (Å²) in [5, 5.41) is 15.2. The minimum atomic E-state index is 0.399. The van der Waals surface area contributed by atoms with E-state index < -0.39 is 0 Å². The molecule has 0 amide bonds. The topological polar surface area (TPSA) is 60.7 Å². The van der Waals surface area contributed by atoms with E-state index in [1.54, 1.807) is 12.3 Å². The molecule has 1 saturated heterocycles. The molecule has 14 heavy (non-hydrogen) atoms. The number of nitrogens with one attached hydrogen (secondary N) is 2. The summed E-state index contributed by atoms with van der Waals surface area (Å²) >= 11 is 3.28. The van der Waals surface area contributed by atoms with E-state index in [4.69, 9.17) is 5.26 Å². The maximum atomic E-state index is 8.88. The van der Waals surface area contributed by atoms with Crippen molar-refractivity contribution in [2.24, 2.45) is 0 Å². The molecule has 0 bridgehead atoms. The van der Waals surface area contributed by atoms with Gasteiger partial charge >= 0.3 is 0 Å². The van der Waals surface area contributed by atoms with Gasteiger partial charge in [-0.05, 0) is 22.0 Å². The van der Waals surface area contributed by atoms with Crippen LogP contribution in [0.25, 0.3) is 0 Å². The molecule has 0 radical (unpaired) electrons. The highest BCUT2D eigenvalue weighted by atomic mass is 79.9. The number of aromatic nitrogens is 1. The van der Waals surface area contributed by atoms with Crippen LogP contribution in [-0.2, 0) is 0 Å². The van der Waals surface area contributed by atoms with Crippen LogP contribution in [0, 0.1) is 11.3 Å². The van der Waals surface area contributed by atoms with Gasteiger partial charge in [-0.15, -0.1) is 0 Å². The lowest BCUT2D eigenvalue weighted by Gasteiger charge is -2.28. The van der Waals surface area contributed by atoms with Crippen LogP contribution in [0.2, 0.25) is 0 Å². The summed E-state index contributed by atoms with van der Waals surface area (Å²) in [5.41, 5.74) is 0.575. The zero-order valence-electron chi connectivity index (χ0n) is 7.42. The first-order valence-corrected chi connectivity index (χ1v) is 5.12. The molecule has 0 aromatic carbocycles. The van der Waals surface area contributed by atoms with Crippen molar-refractivity contribution < 1.29 is 0 Å². The molecule has 1 fully saturated rings. The molecule has 2 N–H and O–H groups in total. The molecule has 0 unspecified atom stereocenters. The smallest absolute Gasteiger partial charge is 0.144 e. The number of halogens is 1. The molecule has 1 aliphatic heterocycles. The summed E-state index contributed by atoms with van der Waals surface area (Å²) < 4.78 is 0.825. The highest BCUT2D eigenvalue weighted by Crippen LogP contribution is 2.18. The molecular weight excluding hydrogens is 244 g/mol. The second-order valence-corrected chi connectivity index (χ2v) is 4.08. The number of nitrogens with zero attached hydrogens (tertiary/aromatic N) is 2. The molecule has 0 aliphatic carbocycles. The minimum absolute atomic E-state index is 0.399. The maximum absolute atomic E-state index is 8.88. The number of rotatable bonds is 2. The van der Waals surface area contributed by atoms with E-state index in [2.05, 4.69) is 37.6 Å². The first-order valence-electron chi connectivity index (χ1n) is 4.32. The Hall–Kier alpha value is -1.12. The van der Waals surface area contributed by atoms with Crippen LogP contribution in [0.5, 0.6) is 0 Å². The fourth-order valence-electron chi connectivity index (χ4n) is 1.22. The lowest BCUT2D eigenvalue weighted by atomic mass is 10.1. The first kappa shape index (κ1) is 9.44. The number of hydrogen-bond acceptors (Lipinski definition) is 4. The Balaban J connectivity index is 2.19. The molecular formula is C9H9BrN4. The molecule has 72 valence electrons. The van der Waals surface area contributed by atoms with E-state index >= 15 is 0 Å². The van der Waals surface area contributed by atoms with Crippen LogP contribution < -0.4 is 10.6 Å². The largest absolute Gasteiger partial charge is 0.364 e. The van der Waals surface area contributed by atoms with E-state index in [1.807, 2.05) is 0 Å². The molecule has 0 saturated carbocycles. The lowest BCUT2D eigenvalue weighted by molar-refractivity contribution is 0.471. The molecule has 1 aromatic rings. The molecule has 1 aromatic heterocycles. The summed E-state index contributed by atoms with van der Waals surface area (Å²) in [6.07, 6.45) is 1.69. The molecule has 2 heterocycles. The van der Waals surface area contributed by atoms with Gasteiger partial charge in [-0.2, -0.15) is 5.26 Å². The van der Waals surface area contributed by atoms with Crippen LogP contribution in [0.3, 0.4) is 0 Å². The fraction of sp³-hybridized carbons (Fsp3) is 0.333. The highest BCUT2D eigenvalue weighted by Gasteiger charge is 2.17. The predicted octanol–water partition coefficient (Wildman–Crippen LogP) is 1.10. The van der Waals surface area contributed by atoms with Gasteiger partial charge in [-0.25, -0.2) is 4.98 Å². The Morgan fingerprint density at radius 1 is 1.64 bits per heavy atom. The van der Waals surface area contributed by atoms with Crippen molar-refractivity contribution in [2.45, 2.75) is 6.04 Å². The second-order valence-electron chi connectivity index (χ2n) is 3.16. The van der Waals surface area contributed by atoms with Crippen LogP contribution in [-0.4, -0.2) is 24.1 Å². The van der Waals surface area contributed by atoms with E-state index in [1.165, 1.54) is 0 Å². The second kappa shape index (κ2) is 3.95. The zero-order chi connectivity index (χ0) is 9.97. The Morgan fingerprint density at radius 2 is 2.43 bits per heavy atom. The molecule has 0 atom stereocenters. The number of anilines is 1. The quantitative estimate of drug-likeness (QED) is 0.828. The normalized spacial score (nSPS) is 15.7. The van der Waals surface area contributed by atoms with Crippen molar-refractivity contribution >= 4 is 21.7 Å². The van der Waals surface area contributed by atoms with Crippen molar-refractivity contribution in [3.05, 3.63) is 22.3 Å². The Kier molecular flexibility index (Phi) is 2.66. The van der Waals surface area contributed by atoms with Crippen molar-refractivity contribution in [3.63, 3.8) is 0 Å².